The van der Waals surface area contributed by atoms with Crippen molar-refractivity contribution in [2.24, 2.45) is 0 Å². The minimum Gasteiger partial charge on any atom is -0.0845 e. The maximum Gasteiger partial charge on any atom is 0.00454 e. The standard InChI is InChI=1S/C14H24S4/c1-2-4-6-8-10-12-14-16-18-17-15-13-11-9-7-5-3-1/h7,9,11,13H,1-6,8,10,12,14H2/b9-7+,13-11-. The van der Waals surface area contributed by atoms with E-state index < -0.39 is 0 Å². The summed E-state index contributed by atoms with van der Waals surface area (Å²) in [6, 6.07) is 0. The van der Waals surface area contributed by atoms with Gasteiger partial charge in [-0.2, -0.15) is 0 Å². The van der Waals surface area contributed by atoms with Crippen LogP contribution in [-0.4, -0.2) is 5.75 Å². The van der Waals surface area contributed by atoms with E-state index in [1.165, 1.54) is 63.5 Å². The molecule has 4 heteroatoms. The lowest BCUT2D eigenvalue weighted by Gasteiger charge is -2.02. The van der Waals surface area contributed by atoms with Gasteiger partial charge in [0.1, 0.15) is 0 Å². The molecule has 0 amide bonds. The molecule has 0 spiro atoms. The van der Waals surface area contributed by atoms with Crippen LogP contribution in [0, 0.1) is 0 Å². The van der Waals surface area contributed by atoms with Crippen LogP contribution in [0.25, 0.3) is 0 Å². The predicted octanol–water partition coefficient (Wildman–Crippen LogP) is 7.26. The van der Waals surface area contributed by atoms with Gasteiger partial charge in [-0.05, 0) is 44.3 Å². The molecule has 0 aromatic heterocycles. The molecule has 0 atom stereocenters. The van der Waals surface area contributed by atoms with Gasteiger partial charge >= 0.3 is 0 Å². The van der Waals surface area contributed by atoms with Gasteiger partial charge in [-0.25, -0.2) is 0 Å². The summed E-state index contributed by atoms with van der Waals surface area (Å²) in [5.41, 5.74) is 0. The first-order valence-corrected chi connectivity index (χ1v) is 12.0. The third-order valence-corrected chi connectivity index (χ3v) is 8.90. The van der Waals surface area contributed by atoms with Crippen molar-refractivity contribution in [1.29, 1.82) is 0 Å². The van der Waals surface area contributed by atoms with Crippen LogP contribution >= 0.6 is 41.2 Å². The lowest BCUT2D eigenvalue weighted by molar-refractivity contribution is 0.579. The summed E-state index contributed by atoms with van der Waals surface area (Å²) in [6.45, 7) is 0. The third kappa shape index (κ3) is 11.9. The Morgan fingerprint density at radius 3 is 2.22 bits per heavy atom. The van der Waals surface area contributed by atoms with E-state index >= 15 is 0 Å². The first-order chi connectivity index (χ1) is 9.00. The summed E-state index contributed by atoms with van der Waals surface area (Å²) in [6.07, 6.45) is 19.2. The van der Waals surface area contributed by atoms with E-state index in [1.807, 2.05) is 41.2 Å². The Morgan fingerprint density at radius 1 is 0.667 bits per heavy atom. The zero-order valence-corrected chi connectivity index (χ0v) is 14.3. The van der Waals surface area contributed by atoms with E-state index in [1.54, 1.807) is 0 Å². The second-order valence-electron chi connectivity index (χ2n) is 4.43. The number of rotatable bonds is 0. The molecule has 18 heavy (non-hydrogen) atoms. The lowest BCUT2D eigenvalue weighted by Crippen LogP contribution is -1.82. The quantitative estimate of drug-likeness (QED) is 0.430. The molecular formula is C14H24S4. The van der Waals surface area contributed by atoms with E-state index in [4.69, 9.17) is 0 Å². The smallest absolute Gasteiger partial charge is 0.00454 e. The Bertz CT molecular complexity index is 202. The molecule has 0 aliphatic carbocycles. The average Bonchev–Trinajstić information content (AvgIpc) is 2.39. The number of hydrogen-bond donors (Lipinski definition) is 0. The molecule has 104 valence electrons. The highest BCUT2D eigenvalue weighted by Crippen LogP contribution is 2.43. The molecule has 1 aliphatic rings. The second-order valence-corrected chi connectivity index (χ2v) is 10.4. The molecule has 0 fully saturated rings. The van der Waals surface area contributed by atoms with E-state index in [-0.39, 0.29) is 0 Å². The molecule has 0 aromatic rings. The van der Waals surface area contributed by atoms with Gasteiger partial charge in [0, 0.05) is 5.75 Å². The molecule has 0 unspecified atom stereocenters. The average molecular weight is 321 g/mol. The van der Waals surface area contributed by atoms with Gasteiger partial charge < -0.3 is 0 Å². The largest absolute Gasteiger partial charge is 0.0845 e. The predicted molar refractivity (Wildman–Crippen MR) is 95.1 cm³/mol. The van der Waals surface area contributed by atoms with Crippen LogP contribution in [0.15, 0.2) is 23.6 Å². The van der Waals surface area contributed by atoms with Crippen LogP contribution in [-0.2, 0) is 0 Å². The fourth-order valence-corrected chi connectivity index (χ4v) is 7.18. The topological polar surface area (TPSA) is 0 Å². The van der Waals surface area contributed by atoms with Gasteiger partial charge in [0.2, 0.25) is 0 Å². The van der Waals surface area contributed by atoms with E-state index in [9.17, 15) is 0 Å². The fourth-order valence-electron chi connectivity index (χ4n) is 1.83. The van der Waals surface area contributed by atoms with Crippen LogP contribution in [0.4, 0.5) is 0 Å². The Hall–Kier alpha value is 0.880. The summed E-state index contributed by atoms with van der Waals surface area (Å²) in [4.78, 5) is 0. The van der Waals surface area contributed by atoms with Gasteiger partial charge in [0.15, 0.2) is 0 Å². The molecule has 0 N–H and O–H groups in total. The minimum atomic E-state index is 1.24. The highest BCUT2D eigenvalue weighted by atomic mass is 33.7. The Kier molecular flexibility index (Phi) is 13.4. The number of allylic oxidation sites excluding steroid dienone is 3. The van der Waals surface area contributed by atoms with Crippen molar-refractivity contribution in [3.05, 3.63) is 23.6 Å². The second kappa shape index (κ2) is 14.3. The van der Waals surface area contributed by atoms with Crippen molar-refractivity contribution in [2.45, 2.75) is 57.8 Å². The Balaban J connectivity index is 2.13. The summed E-state index contributed by atoms with van der Waals surface area (Å²) in [5.74, 6) is 1.31. The third-order valence-electron chi connectivity index (χ3n) is 2.84. The van der Waals surface area contributed by atoms with Crippen molar-refractivity contribution in [3.63, 3.8) is 0 Å². The molecule has 0 aromatic carbocycles. The van der Waals surface area contributed by atoms with Crippen molar-refractivity contribution in [1.82, 2.24) is 0 Å². The molecular weight excluding hydrogens is 296 g/mol. The Labute approximate surface area is 128 Å². The van der Waals surface area contributed by atoms with Gasteiger partial charge in [-0.15, -0.1) is 0 Å². The van der Waals surface area contributed by atoms with Gasteiger partial charge in [0.25, 0.3) is 0 Å². The van der Waals surface area contributed by atoms with E-state index in [0.29, 0.717) is 0 Å². The summed E-state index contributed by atoms with van der Waals surface area (Å²) >= 11 is 0. The molecule has 1 aliphatic heterocycles. The van der Waals surface area contributed by atoms with Crippen LogP contribution < -0.4 is 0 Å². The van der Waals surface area contributed by atoms with Gasteiger partial charge in [-0.1, -0.05) is 78.3 Å². The molecule has 0 radical (unpaired) electrons. The summed E-state index contributed by atoms with van der Waals surface area (Å²) in [5, 5.41) is 2.18. The molecule has 0 saturated carbocycles. The lowest BCUT2D eigenvalue weighted by atomic mass is 10.1. The van der Waals surface area contributed by atoms with E-state index in [2.05, 4.69) is 23.6 Å². The van der Waals surface area contributed by atoms with Crippen LogP contribution in [0.3, 0.4) is 0 Å². The van der Waals surface area contributed by atoms with Crippen LogP contribution in [0.5, 0.6) is 0 Å². The first kappa shape index (κ1) is 16.9. The van der Waals surface area contributed by atoms with Gasteiger partial charge in [0.05, 0.1) is 0 Å². The molecule has 0 bridgehead atoms. The zero-order valence-electron chi connectivity index (χ0n) is 11.0. The molecule has 1 heterocycles. The first-order valence-electron chi connectivity index (χ1n) is 6.93. The summed E-state index contributed by atoms with van der Waals surface area (Å²) in [7, 11) is 7.62. The Morgan fingerprint density at radius 2 is 1.39 bits per heavy atom. The molecule has 0 nitrogen and oxygen atoms in total. The highest BCUT2D eigenvalue weighted by Gasteiger charge is 1.94. The SMILES string of the molecule is C1=C\SSSSCCCCCCCCCC/C=C/1. The number of hydrogen-bond acceptors (Lipinski definition) is 4. The van der Waals surface area contributed by atoms with Crippen molar-refractivity contribution < 1.29 is 0 Å². The van der Waals surface area contributed by atoms with Crippen molar-refractivity contribution in [2.75, 3.05) is 5.75 Å². The normalized spacial score (nSPS) is 25.8. The summed E-state index contributed by atoms with van der Waals surface area (Å²) < 4.78 is 0. The van der Waals surface area contributed by atoms with E-state index in [0.717, 1.165) is 0 Å². The van der Waals surface area contributed by atoms with Crippen molar-refractivity contribution >= 4 is 41.2 Å². The molecule has 0 saturated heterocycles. The van der Waals surface area contributed by atoms with Crippen molar-refractivity contribution in [3.8, 4) is 0 Å². The zero-order chi connectivity index (χ0) is 12.7. The highest BCUT2D eigenvalue weighted by molar-refractivity contribution is 9.26. The maximum absolute atomic E-state index is 2.30. The van der Waals surface area contributed by atoms with Gasteiger partial charge in [-0.3, -0.25) is 0 Å². The van der Waals surface area contributed by atoms with Crippen LogP contribution in [0.2, 0.25) is 0 Å². The maximum atomic E-state index is 2.30. The monoisotopic (exact) mass is 320 g/mol. The fraction of sp³-hybridized carbons (Fsp3) is 0.714. The molecule has 1 rings (SSSR count). The van der Waals surface area contributed by atoms with Crippen LogP contribution in [0.1, 0.15) is 57.8 Å². The minimum absolute atomic E-state index is 1.24.